The maximum atomic E-state index is 15.8. The first-order chi connectivity index (χ1) is 26.1. The predicted molar refractivity (Wildman–Crippen MR) is 211 cm³/mol. The largest absolute Gasteiger partial charge is 0.481 e. The highest BCUT2D eigenvalue weighted by molar-refractivity contribution is 6.04. The van der Waals surface area contributed by atoms with E-state index in [1.54, 1.807) is 12.2 Å². The third kappa shape index (κ3) is 5.28. The van der Waals surface area contributed by atoms with Crippen molar-refractivity contribution >= 4 is 35.4 Å². The standard InChI is InChI=1S/C45H59N3O8/c1-24(38(53)54)33(50)34(51)27(23-48-39(46)47)26-14-10-11-15-28-35(52)32-37-43(6)42(28,5)30(26)22-44(43,55)20-21-45(37,56)29(17-16-25-12-8-7-9-13-25)36-40(2,3)31(49)18-19-41(32,36)4/h7-9,12-13,16-17,20-21,24,26-30,34,36,51,55-56H,10-11,14-15,18-19,22-23H2,1-6H3,(H,53,54)(H4,46,47,48). The van der Waals surface area contributed by atoms with Gasteiger partial charge in [-0.05, 0) is 73.0 Å². The van der Waals surface area contributed by atoms with E-state index in [1.807, 2.05) is 70.2 Å². The number of aliphatic carboxylic acids is 1. The van der Waals surface area contributed by atoms with Crippen molar-refractivity contribution < 1.29 is 39.6 Å². The number of rotatable bonds is 9. The molecule has 1 aromatic rings. The van der Waals surface area contributed by atoms with E-state index in [-0.39, 0.29) is 36.9 Å². The zero-order valence-corrected chi connectivity index (χ0v) is 33.5. The summed E-state index contributed by atoms with van der Waals surface area (Å²) in [4.78, 5) is 59.5. The van der Waals surface area contributed by atoms with Gasteiger partial charge in [0.25, 0.3) is 0 Å². The Balaban J connectivity index is 1.48. The van der Waals surface area contributed by atoms with Gasteiger partial charge in [0, 0.05) is 52.5 Å². The van der Waals surface area contributed by atoms with Crippen molar-refractivity contribution in [1.29, 1.82) is 0 Å². The molecule has 13 atom stereocenters. The van der Waals surface area contributed by atoms with E-state index in [1.165, 1.54) is 6.92 Å². The lowest BCUT2D eigenvalue weighted by Crippen LogP contribution is -2.71. The Morgan fingerprint density at radius 2 is 1.66 bits per heavy atom. The van der Waals surface area contributed by atoms with Crippen molar-refractivity contribution in [3.8, 4) is 0 Å². The Labute approximate surface area is 329 Å². The Kier molecular flexibility index (Phi) is 9.57. The second-order valence-electron chi connectivity index (χ2n) is 19.1. The molecule has 0 spiro atoms. The topological polar surface area (TPSA) is 214 Å². The monoisotopic (exact) mass is 769 g/mol. The van der Waals surface area contributed by atoms with Crippen LogP contribution >= 0.6 is 0 Å². The molecule has 11 heteroatoms. The highest BCUT2D eigenvalue weighted by atomic mass is 16.4. The van der Waals surface area contributed by atoms with E-state index in [0.29, 0.717) is 43.3 Å². The lowest BCUT2D eigenvalue weighted by molar-refractivity contribution is -0.171. The smallest absolute Gasteiger partial charge is 0.313 e. The maximum Gasteiger partial charge on any atom is 0.313 e. The number of guanidine groups is 1. The molecule has 0 bridgehead atoms. The lowest BCUT2D eigenvalue weighted by atomic mass is 9.34. The number of carboxylic acid groups (broad SMARTS) is 1. The van der Waals surface area contributed by atoms with Crippen LogP contribution in [0.15, 0.2) is 64.7 Å². The molecule has 7 rings (SSSR count). The fraction of sp³-hybridized carbons (Fsp3) is 0.622. The Morgan fingerprint density at radius 3 is 2.30 bits per heavy atom. The van der Waals surface area contributed by atoms with Crippen LogP contribution in [0.1, 0.15) is 92.1 Å². The molecule has 8 N–H and O–H groups in total. The number of allylic oxidation sites excluding steroid dienone is 1. The predicted octanol–water partition coefficient (Wildman–Crippen LogP) is 4.63. The van der Waals surface area contributed by atoms with E-state index < -0.39 is 92.1 Å². The number of carboxylic acids is 1. The van der Waals surface area contributed by atoms with Gasteiger partial charge in [-0.25, -0.2) is 0 Å². The van der Waals surface area contributed by atoms with Gasteiger partial charge in [-0.3, -0.25) is 24.2 Å². The van der Waals surface area contributed by atoms with Crippen LogP contribution in [0, 0.1) is 63.1 Å². The first-order valence-corrected chi connectivity index (χ1v) is 20.3. The molecule has 0 radical (unpaired) electrons. The van der Waals surface area contributed by atoms with Gasteiger partial charge in [0.15, 0.2) is 17.5 Å². The molecular formula is C45H59N3O8. The number of nitrogens with zero attached hydrogens (tertiary/aromatic N) is 1. The number of hydrogen-bond donors (Lipinski definition) is 6. The van der Waals surface area contributed by atoms with E-state index >= 15 is 4.79 Å². The minimum Gasteiger partial charge on any atom is -0.481 e. The van der Waals surface area contributed by atoms with Crippen molar-refractivity contribution in [1.82, 2.24) is 0 Å². The third-order valence-electron chi connectivity index (χ3n) is 16.4. The molecule has 1 aromatic carbocycles. The number of aliphatic hydroxyl groups excluding tert-OH is 1. The minimum atomic E-state index is -1.75. The summed E-state index contributed by atoms with van der Waals surface area (Å²) in [5.74, 6) is -7.53. The minimum absolute atomic E-state index is 0.0661. The van der Waals surface area contributed by atoms with Gasteiger partial charge in [-0.2, -0.15) is 0 Å². The summed E-state index contributed by atoms with van der Waals surface area (Å²) >= 11 is 0. The van der Waals surface area contributed by atoms with Crippen molar-refractivity contribution in [2.24, 2.45) is 79.5 Å². The van der Waals surface area contributed by atoms with Crippen LogP contribution in [-0.4, -0.2) is 73.6 Å². The number of aliphatic imine (C=N–C) groups is 1. The molecular weight excluding hydrogens is 711 g/mol. The molecule has 3 saturated carbocycles. The highest BCUT2D eigenvalue weighted by Crippen LogP contribution is 2.80. The Morgan fingerprint density at radius 1 is 1.00 bits per heavy atom. The SMILES string of the molecule is CC(C(=O)O)C(=O)C(O)C(CN=C(N)N)C1CCCCC2C(=O)C3=C4C(O)(C=CC5(O)CC1C2(C)C45C)C(C=Cc1ccccc1)C1C(C)(C)C(=O)CCC31C. The van der Waals surface area contributed by atoms with Gasteiger partial charge in [-0.15, -0.1) is 0 Å². The second kappa shape index (κ2) is 13.3. The molecule has 0 amide bonds. The summed E-state index contributed by atoms with van der Waals surface area (Å²) in [6, 6.07) is 9.76. The van der Waals surface area contributed by atoms with Crippen LogP contribution in [0.25, 0.3) is 6.08 Å². The Bertz CT molecular complexity index is 1970. The summed E-state index contributed by atoms with van der Waals surface area (Å²) in [5.41, 5.74) is 6.35. The number of nitrogens with two attached hydrogens (primary N) is 2. The fourth-order valence-electron chi connectivity index (χ4n) is 13.5. The zero-order valence-electron chi connectivity index (χ0n) is 33.5. The molecule has 6 aliphatic rings. The molecule has 0 saturated heterocycles. The van der Waals surface area contributed by atoms with E-state index in [0.717, 1.165) is 5.56 Å². The molecule has 0 aromatic heterocycles. The van der Waals surface area contributed by atoms with Crippen LogP contribution in [0.2, 0.25) is 0 Å². The van der Waals surface area contributed by atoms with Crippen molar-refractivity contribution in [3.63, 3.8) is 0 Å². The van der Waals surface area contributed by atoms with Gasteiger partial charge in [0.05, 0.1) is 5.60 Å². The van der Waals surface area contributed by atoms with Crippen LogP contribution < -0.4 is 11.5 Å². The van der Waals surface area contributed by atoms with Gasteiger partial charge in [0.1, 0.15) is 23.4 Å². The third-order valence-corrected chi connectivity index (χ3v) is 16.4. The molecule has 302 valence electrons. The van der Waals surface area contributed by atoms with Crippen molar-refractivity contribution in [2.45, 2.75) is 104 Å². The van der Waals surface area contributed by atoms with Crippen molar-refractivity contribution in [2.75, 3.05) is 6.54 Å². The average molecular weight is 770 g/mol. The van der Waals surface area contributed by atoms with E-state index in [4.69, 9.17) is 11.5 Å². The summed E-state index contributed by atoms with van der Waals surface area (Å²) in [6.45, 7) is 11.1. The van der Waals surface area contributed by atoms with Crippen LogP contribution in [0.3, 0.4) is 0 Å². The number of fused-ring (bicyclic) bond motifs is 2. The molecule has 56 heavy (non-hydrogen) atoms. The zero-order chi connectivity index (χ0) is 41.0. The molecule has 0 heterocycles. The summed E-state index contributed by atoms with van der Waals surface area (Å²) in [5, 5.41) is 48.4. The van der Waals surface area contributed by atoms with Gasteiger partial charge in [-0.1, -0.05) is 96.0 Å². The Hall–Kier alpha value is -3.93. The molecule has 13 unspecified atom stereocenters. The summed E-state index contributed by atoms with van der Waals surface area (Å²) < 4.78 is 0. The summed E-state index contributed by atoms with van der Waals surface area (Å²) in [6.07, 6.45) is 8.90. The van der Waals surface area contributed by atoms with Gasteiger partial charge < -0.3 is 31.9 Å². The van der Waals surface area contributed by atoms with Crippen molar-refractivity contribution in [3.05, 3.63) is 65.3 Å². The second-order valence-corrected chi connectivity index (χ2v) is 19.1. The van der Waals surface area contributed by atoms with Gasteiger partial charge >= 0.3 is 5.97 Å². The maximum absolute atomic E-state index is 15.8. The molecule has 11 nitrogen and oxygen atoms in total. The van der Waals surface area contributed by atoms with Crippen LogP contribution in [0.5, 0.6) is 0 Å². The number of carbonyl (C=O) groups excluding carboxylic acids is 3. The first kappa shape index (κ1) is 40.3. The molecule has 3 fully saturated rings. The summed E-state index contributed by atoms with van der Waals surface area (Å²) in [7, 11) is 0. The normalized spacial score (nSPS) is 41.2. The van der Waals surface area contributed by atoms with Crippen LogP contribution in [-0.2, 0) is 19.2 Å². The molecule has 0 aliphatic heterocycles. The highest BCUT2D eigenvalue weighted by Gasteiger charge is 2.81. The van der Waals surface area contributed by atoms with Gasteiger partial charge in [0.2, 0.25) is 0 Å². The average Bonchev–Trinajstić information content (AvgIpc) is 3.32. The number of benzene rings is 1. The molecule has 6 aliphatic carbocycles. The van der Waals surface area contributed by atoms with Crippen LogP contribution in [0.4, 0.5) is 0 Å². The quantitative estimate of drug-likeness (QED) is 0.0887. The number of Topliss-reactive ketones (excluding diaryl/α,β-unsaturated/α-hetero) is 3. The van der Waals surface area contributed by atoms with E-state index in [9.17, 15) is 34.8 Å². The number of carbonyl (C=O) groups is 4. The number of aliphatic hydroxyl groups is 3. The number of hydrogen-bond acceptors (Lipinski definition) is 8. The first-order valence-electron chi connectivity index (χ1n) is 20.3. The lowest BCUT2D eigenvalue weighted by Gasteiger charge is -2.69. The number of ketones is 3. The fourth-order valence-corrected chi connectivity index (χ4v) is 13.5. The van der Waals surface area contributed by atoms with E-state index in [2.05, 4.69) is 11.9 Å².